The topological polar surface area (TPSA) is 73.8 Å². The van der Waals surface area contributed by atoms with Gasteiger partial charge in [0.2, 0.25) is 10.0 Å². The van der Waals surface area contributed by atoms with Crippen molar-refractivity contribution in [1.82, 2.24) is 14.9 Å². The Morgan fingerprint density at radius 1 is 1.18 bits per heavy atom. The Bertz CT molecular complexity index is 845. The standard InChI is InChI=1S/C20H30N4O2S2/c1-5-21-20(22-14-16(2)13-18-7-6-12-27-18)23-15-17-8-10-19(11-9-17)28(25,26)24(3)4/h6-12,16H,5,13-15H2,1-4H3,(H2,21,22,23). The van der Waals surface area contributed by atoms with Crippen LogP contribution in [0.3, 0.4) is 0 Å². The van der Waals surface area contributed by atoms with Gasteiger partial charge in [0.05, 0.1) is 11.4 Å². The van der Waals surface area contributed by atoms with E-state index in [4.69, 9.17) is 0 Å². The zero-order valence-corrected chi connectivity index (χ0v) is 18.6. The molecule has 0 amide bonds. The SMILES string of the molecule is CCNC(=NCc1ccc(S(=O)(=O)N(C)C)cc1)NCC(C)Cc1cccs1. The highest BCUT2D eigenvalue weighted by Gasteiger charge is 2.16. The van der Waals surface area contributed by atoms with E-state index in [2.05, 4.69) is 40.1 Å². The first kappa shape index (κ1) is 22.4. The zero-order chi connectivity index (χ0) is 20.6. The molecule has 0 aliphatic carbocycles. The van der Waals surface area contributed by atoms with Crippen LogP contribution >= 0.6 is 11.3 Å². The maximum atomic E-state index is 12.1. The number of guanidine groups is 1. The van der Waals surface area contributed by atoms with Crippen LogP contribution in [-0.2, 0) is 23.0 Å². The normalized spacial score (nSPS) is 13.5. The summed E-state index contributed by atoms with van der Waals surface area (Å²) in [5.74, 6) is 1.27. The number of sulfonamides is 1. The summed E-state index contributed by atoms with van der Waals surface area (Å²) in [4.78, 5) is 6.30. The summed E-state index contributed by atoms with van der Waals surface area (Å²) in [6, 6.07) is 11.1. The first-order chi connectivity index (χ1) is 13.3. The average molecular weight is 423 g/mol. The van der Waals surface area contributed by atoms with Crippen LogP contribution in [0.1, 0.15) is 24.3 Å². The lowest BCUT2D eigenvalue weighted by Gasteiger charge is -2.15. The second-order valence-corrected chi connectivity index (χ2v) is 10.1. The molecule has 28 heavy (non-hydrogen) atoms. The lowest BCUT2D eigenvalue weighted by atomic mass is 10.1. The fourth-order valence-corrected chi connectivity index (χ4v) is 4.38. The minimum absolute atomic E-state index is 0.290. The van der Waals surface area contributed by atoms with Crippen LogP contribution in [0.25, 0.3) is 0 Å². The fourth-order valence-electron chi connectivity index (χ4n) is 2.60. The quantitative estimate of drug-likeness (QED) is 0.481. The highest BCUT2D eigenvalue weighted by molar-refractivity contribution is 7.89. The third-order valence-corrected chi connectivity index (χ3v) is 6.94. The molecule has 6 nitrogen and oxygen atoms in total. The van der Waals surface area contributed by atoms with E-state index in [1.807, 2.05) is 19.1 Å². The van der Waals surface area contributed by atoms with Crippen molar-refractivity contribution >= 4 is 27.3 Å². The van der Waals surface area contributed by atoms with Crippen molar-refractivity contribution < 1.29 is 8.42 Å². The molecule has 1 aromatic heterocycles. The Balaban J connectivity index is 1.94. The zero-order valence-electron chi connectivity index (χ0n) is 17.0. The van der Waals surface area contributed by atoms with Gasteiger partial charge < -0.3 is 10.6 Å². The number of benzene rings is 1. The van der Waals surface area contributed by atoms with E-state index in [1.54, 1.807) is 23.5 Å². The van der Waals surface area contributed by atoms with Crippen LogP contribution in [0.2, 0.25) is 0 Å². The number of hydrogen-bond donors (Lipinski definition) is 2. The third-order valence-electron chi connectivity index (χ3n) is 4.21. The molecule has 0 saturated heterocycles. The van der Waals surface area contributed by atoms with Gasteiger partial charge in [-0.15, -0.1) is 11.3 Å². The van der Waals surface area contributed by atoms with Crippen molar-refractivity contribution in [2.24, 2.45) is 10.9 Å². The molecule has 2 aromatic rings. The number of nitrogens with zero attached hydrogens (tertiary/aromatic N) is 2. The Labute approximate surface area is 172 Å². The van der Waals surface area contributed by atoms with Crippen LogP contribution in [0.15, 0.2) is 51.7 Å². The van der Waals surface area contributed by atoms with Gasteiger partial charge in [-0.1, -0.05) is 25.1 Å². The van der Waals surface area contributed by atoms with Crippen LogP contribution < -0.4 is 10.6 Å². The summed E-state index contributed by atoms with van der Waals surface area (Å²) in [7, 11) is -0.341. The number of hydrogen-bond acceptors (Lipinski definition) is 4. The van der Waals surface area contributed by atoms with Gasteiger partial charge in [-0.3, -0.25) is 0 Å². The summed E-state index contributed by atoms with van der Waals surface area (Å²) in [5, 5.41) is 8.76. The lowest BCUT2D eigenvalue weighted by Crippen LogP contribution is -2.39. The van der Waals surface area contributed by atoms with Gasteiger partial charge in [0.25, 0.3) is 0 Å². The van der Waals surface area contributed by atoms with Crippen molar-refractivity contribution in [2.45, 2.75) is 31.7 Å². The Hall–Kier alpha value is -1.90. The lowest BCUT2D eigenvalue weighted by molar-refractivity contribution is 0.520. The second kappa shape index (κ2) is 10.6. The van der Waals surface area contributed by atoms with Gasteiger partial charge >= 0.3 is 0 Å². The van der Waals surface area contributed by atoms with E-state index in [0.717, 1.165) is 31.0 Å². The van der Waals surface area contributed by atoms with Gasteiger partial charge in [-0.2, -0.15) is 0 Å². The summed E-state index contributed by atoms with van der Waals surface area (Å²) in [6.45, 7) is 6.36. The molecule has 1 aromatic carbocycles. The van der Waals surface area contributed by atoms with Crippen molar-refractivity contribution in [3.8, 4) is 0 Å². The van der Waals surface area contributed by atoms with E-state index in [9.17, 15) is 8.42 Å². The summed E-state index contributed by atoms with van der Waals surface area (Å²) < 4.78 is 25.5. The molecular weight excluding hydrogens is 392 g/mol. The molecule has 2 N–H and O–H groups in total. The summed E-state index contributed by atoms with van der Waals surface area (Å²) in [5.41, 5.74) is 0.960. The summed E-state index contributed by atoms with van der Waals surface area (Å²) in [6.07, 6.45) is 1.05. The number of aliphatic imine (C=N–C) groups is 1. The van der Waals surface area contributed by atoms with Crippen LogP contribution in [0.4, 0.5) is 0 Å². The second-order valence-electron chi connectivity index (χ2n) is 6.90. The van der Waals surface area contributed by atoms with Gasteiger partial charge in [-0.05, 0) is 48.4 Å². The Kier molecular flexibility index (Phi) is 8.47. The molecule has 154 valence electrons. The average Bonchev–Trinajstić information content (AvgIpc) is 3.17. The van der Waals surface area contributed by atoms with E-state index in [-0.39, 0.29) is 4.90 Å². The predicted octanol–water partition coefficient (Wildman–Crippen LogP) is 2.93. The monoisotopic (exact) mass is 422 g/mol. The molecule has 0 fully saturated rings. The molecule has 0 aliphatic rings. The Morgan fingerprint density at radius 2 is 1.89 bits per heavy atom. The first-order valence-corrected chi connectivity index (χ1v) is 11.7. The highest BCUT2D eigenvalue weighted by Crippen LogP contribution is 2.15. The maximum absolute atomic E-state index is 12.1. The van der Waals surface area contributed by atoms with E-state index in [0.29, 0.717) is 12.5 Å². The number of thiophene rings is 1. The van der Waals surface area contributed by atoms with Crippen LogP contribution in [0.5, 0.6) is 0 Å². The largest absolute Gasteiger partial charge is 0.357 e. The molecule has 0 saturated carbocycles. The molecule has 1 unspecified atom stereocenters. The van der Waals surface area contributed by atoms with E-state index in [1.165, 1.54) is 23.3 Å². The molecule has 1 heterocycles. The molecular formula is C20H30N4O2S2. The fraction of sp³-hybridized carbons (Fsp3) is 0.450. The van der Waals surface area contributed by atoms with Crippen molar-refractivity contribution in [1.29, 1.82) is 0 Å². The van der Waals surface area contributed by atoms with Crippen molar-refractivity contribution in [3.05, 3.63) is 52.2 Å². The molecule has 8 heteroatoms. The molecule has 0 spiro atoms. The Morgan fingerprint density at radius 3 is 2.46 bits per heavy atom. The van der Waals surface area contributed by atoms with Crippen LogP contribution in [0, 0.1) is 5.92 Å². The van der Waals surface area contributed by atoms with E-state index < -0.39 is 10.0 Å². The van der Waals surface area contributed by atoms with Gasteiger partial charge in [0.15, 0.2) is 5.96 Å². The molecule has 0 radical (unpaired) electrons. The first-order valence-electron chi connectivity index (χ1n) is 9.39. The van der Waals surface area contributed by atoms with Gasteiger partial charge in [0, 0.05) is 32.1 Å². The van der Waals surface area contributed by atoms with Crippen molar-refractivity contribution in [3.63, 3.8) is 0 Å². The van der Waals surface area contributed by atoms with Gasteiger partial charge in [-0.25, -0.2) is 17.7 Å². The minimum atomic E-state index is -3.40. The smallest absolute Gasteiger partial charge is 0.242 e. The predicted molar refractivity (Wildman–Crippen MR) is 117 cm³/mol. The third kappa shape index (κ3) is 6.61. The minimum Gasteiger partial charge on any atom is -0.357 e. The summed E-state index contributed by atoms with van der Waals surface area (Å²) >= 11 is 1.79. The number of rotatable bonds is 9. The highest BCUT2D eigenvalue weighted by atomic mass is 32.2. The molecule has 0 bridgehead atoms. The molecule has 0 aliphatic heterocycles. The van der Waals surface area contributed by atoms with Crippen molar-refractivity contribution in [2.75, 3.05) is 27.2 Å². The number of nitrogens with one attached hydrogen (secondary N) is 2. The molecule has 2 rings (SSSR count). The molecule has 1 atom stereocenters. The maximum Gasteiger partial charge on any atom is 0.242 e. The van der Waals surface area contributed by atoms with Gasteiger partial charge in [0.1, 0.15) is 0 Å². The van der Waals surface area contributed by atoms with Crippen LogP contribution in [-0.4, -0.2) is 45.9 Å². The van der Waals surface area contributed by atoms with E-state index >= 15 is 0 Å².